The van der Waals surface area contributed by atoms with Crippen molar-refractivity contribution in [1.82, 2.24) is 4.90 Å². The number of carbonyl (C=O) groups is 3. The lowest BCUT2D eigenvalue weighted by atomic mass is 10.1. The lowest BCUT2D eigenvalue weighted by Crippen LogP contribution is -2.40. The minimum atomic E-state index is -0.820. The van der Waals surface area contributed by atoms with Crippen LogP contribution in [0.25, 0.3) is 0 Å². The summed E-state index contributed by atoms with van der Waals surface area (Å²) in [6.45, 7) is -1.00. The Morgan fingerprint density at radius 2 is 1.57 bits per heavy atom. The first-order valence-corrected chi connectivity index (χ1v) is 5.84. The third kappa shape index (κ3) is 4.37. The second-order valence-corrected chi connectivity index (χ2v) is 4.01. The minimum Gasteiger partial charge on any atom is -0.508 e. The molecule has 0 atom stereocenters. The molecule has 0 aromatic heterocycles. The molecule has 0 aliphatic carbocycles. The van der Waals surface area contributed by atoms with Crippen LogP contribution in [0.4, 0.5) is 0 Å². The van der Waals surface area contributed by atoms with E-state index in [2.05, 4.69) is 9.47 Å². The number of ether oxygens (including phenoxy) is 2. The van der Waals surface area contributed by atoms with Crippen LogP contribution in [0.2, 0.25) is 0 Å². The highest BCUT2D eigenvalue weighted by Crippen LogP contribution is 2.23. The number of benzene rings is 1. The lowest BCUT2D eigenvalue weighted by molar-refractivity contribution is -0.144. The van der Waals surface area contributed by atoms with Crippen LogP contribution < -0.4 is 0 Å². The number of rotatable bonds is 5. The van der Waals surface area contributed by atoms with Gasteiger partial charge in [0.1, 0.15) is 24.6 Å². The maximum atomic E-state index is 12.3. The zero-order chi connectivity index (χ0) is 16.0. The second-order valence-electron chi connectivity index (χ2n) is 4.01. The molecule has 1 aromatic rings. The maximum Gasteiger partial charge on any atom is 0.325 e. The van der Waals surface area contributed by atoms with Crippen LogP contribution in [-0.4, -0.2) is 60.3 Å². The molecular formula is C13H15NO7. The van der Waals surface area contributed by atoms with Crippen molar-refractivity contribution in [1.29, 1.82) is 0 Å². The van der Waals surface area contributed by atoms with Crippen LogP contribution in [-0.2, 0) is 19.1 Å². The van der Waals surface area contributed by atoms with Crippen LogP contribution in [0.3, 0.4) is 0 Å². The molecule has 0 bridgehead atoms. The first-order chi connectivity index (χ1) is 9.88. The summed E-state index contributed by atoms with van der Waals surface area (Å²) in [6.07, 6.45) is 0. The molecule has 0 heterocycles. The molecule has 1 rings (SSSR count). The number of aromatic hydroxyl groups is 2. The molecule has 21 heavy (non-hydrogen) atoms. The Balaban J connectivity index is 3.05. The largest absolute Gasteiger partial charge is 0.508 e. The van der Waals surface area contributed by atoms with E-state index in [4.69, 9.17) is 0 Å². The fraction of sp³-hybridized carbons (Fsp3) is 0.308. The van der Waals surface area contributed by atoms with Gasteiger partial charge in [-0.3, -0.25) is 14.4 Å². The highest BCUT2D eigenvalue weighted by atomic mass is 16.5. The van der Waals surface area contributed by atoms with Crippen molar-refractivity contribution in [3.63, 3.8) is 0 Å². The Bertz CT molecular complexity index is 537. The molecule has 2 N–H and O–H groups in total. The van der Waals surface area contributed by atoms with Gasteiger partial charge in [0.05, 0.1) is 19.8 Å². The number of carbonyl (C=O) groups excluding carboxylic acids is 3. The third-order valence-electron chi connectivity index (χ3n) is 2.59. The van der Waals surface area contributed by atoms with Gasteiger partial charge in [-0.15, -0.1) is 0 Å². The molecule has 8 nitrogen and oxygen atoms in total. The van der Waals surface area contributed by atoms with Gasteiger partial charge >= 0.3 is 11.9 Å². The summed E-state index contributed by atoms with van der Waals surface area (Å²) in [5, 5.41) is 19.0. The maximum absolute atomic E-state index is 12.3. The zero-order valence-corrected chi connectivity index (χ0v) is 11.5. The Hall–Kier alpha value is -2.77. The molecule has 0 unspecified atom stereocenters. The summed E-state index contributed by atoms with van der Waals surface area (Å²) in [5.41, 5.74) is -0.247. The van der Waals surface area contributed by atoms with Gasteiger partial charge in [-0.25, -0.2) is 0 Å². The van der Waals surface area contributed by atoms with Crippen molar-refractivity contribution >= 4 is 17.8 Å². The molecule has 0 saturated heterocycles. The van der Waals surface area contributed by atoms with Crippen molar-refractivity contribution in [3.8, 4) is 11.5 Å². The Morgan fingerprint density at radius 1 is 1.05 bits per heavy atom. The predicted molar refractivity (Wildman–Crippen MR) is 69.7 cm³/mol. The second kappa shape index (κ2) is 7.13. The molecule has 8 heteroatoms. The quantitative estimate of drug-likeness (QED) is 0.575. The summed E-state index contributed by atoms with van der Waals surface area (Å²) < 4.78 is 8.88. The van der Waals surface area contributed by atoms with E-state index in [1.165, 1.54) is 6.07 Å². The Kier molecular flexibility index (Phi) is 5.53. The summed E-state index contributed by atoms with van der Waals surface area (Å²) in [4.78, 5) is 35.7. The number of hydrogen-bond donors (Lipinski definition) is 2. The van der Waals surface area contributed by atoms with E-state index in [9.17, 15) is 24.6 Å². The van der Waals surface area contributed by atoms with Crippen LogP contribution in [0.1, 0.15) is 10.4 Å². The first kappa shape index (κ1) is 16.3. The van der Waals surface area contributed by atoms with Gasteiger partial charge in [-0.1, -0.05) is 0 Å². The first-order valence-electron chi connectivity index (χ1n) is 5.84. The van der Waals surface area contributed by atoms with Crippen molar-refractivity contribution in [2.75, 3.05) is 27.3 Å². The van der Waals surface area contributed by atoms with Gasteiger partial charge in [-0.2, -0.15) is 0 Å². The lowest BCUT2D eigenvalue weighted by Gasteiger charge is -2.20. The van der Waals surface area contributed by atoms with E-state index in [0.29, 0.717) is 0 Å². The molecule has 0 fully saturated rings. The third-order valence-corrected chi connectivity index (χ3v) is 2.59. The van der Waals surface area contributed by atoms with Gasteiger partial charge in [0, 0.05) is 0 Å². The van der Waals surface area contributed by atoms with Crippen LogP contribution >= 0.6 is 0 Å². The van der Waals surface area contributed by atoms with Gasteiger partial charge in [0.15, 0.2) is 0 Å². The van der Waals surface area contributed by atoms with Crippen molar-refractivity contribution < 1.29 is 34.1 Å². The molecular weight excluding hydrogens is 282 g/mol. The molecule has 0 saturated carbocycles. The van der Waals surface area contributed by atoms with Crippen molar-refractivity contribution in [2.24, 2.45) is 0 Å². The Morgan fingerprint density at radius 3 is 2.05 bits per heavy atom. The Labute approximate surface area is 120 Å². The SMILES string of the molecule is COC(=O)CN(CC(=O)OC)C(=O)c1cc(O)ccc1O. The van der Waals surface area contributed by atoms with Crippen molar-refractivity contribution in [2.45, 2.75) is 0 Å². The van der Waals surface area contributed by atoms with E-state index in [1.54, 1.807) is 0 Å². The fourth-order valence-corrected chi connectivity index (χ4v) is 1.51. The monoisotopic (exact) mass is 297 g/mol. The van der Waals surface area contributed by atoms with Gasteiger partial charge in [-0.05, 0) is 18.2 Å². The standard InChI is InChI=1S/C13H15NO7/c1-20-11(17)6-14(7-12(18)21-2)13(19)9-5-8(15)3-4-10(9)16/h3-5,15-16H,6-7H2,1-2H3. The smallest absolute Gasteiger partial charge is 0.325 e. The molecule has 0 radical (unpaired) electrons. The molecule has 114 valence electrons. The number of esters is 2. The molecule has 1 amide bonds. The van der Waals surface area contributed by atoms with Crippen LogP contribution in [0.5, 0.6) is 11.5 Å². The normalized spacial score (nSPS) is 9.81. The number of nitrogens with zero attached hydrogens (tertiary/aromatic N) is 1. The summed E-state index contributed by atoms with van der Waals surface area (Å²) in [6, 6.07) is 3.34. The number of methoxy groups -OCH3 is 2. The van der Waals surface area contributed by atoms with E-state index in [1.807, 2.05) is 0 Å². The van der Waals surface area contributed by atoms with Crippen LogP contribution in [0, 0.1) is 0 Å². The van der Waals surface area contributed by atoms with E-state index >= 15 is 0 Å². The molecule has 0 aliphatic heterocycles. The molecule has 0 spiro atoms. The number of hydrogen-bond acceptors (Lipinski definition) is 7. The fourth-order valence-electron chi connectivity index (χ4n) is 1.51. The number of phenols is 2. The highest BCUT2D eigenvalue weighted by Gasteiger charge is 2.24. The van der Waals surface area contributed by atoms with Gasteiger partial charge < -0.3 is 24.6 Å². The zero-order valence-electron chi connectivity index (χ0n) is 11.5. The van der Waals surface area contributed by atoms with Gasteiger partial charge in [0.2, 0.25) is 0 Å². The van der Waals surface area contributed by atoms with E-state index in [-0.39, 0.29) is 11.3 Å². The number of phenolic OH excluding ortho intramolecular Hbond substituents is 2. The van der Waals surface area contributed by atoms with Gasteiger partial charge in [0.25, 0.3) is 5.91 Å². The average molecular weight is 297 g/mol. The van der Waals surface area contributed by atoms with Crippen LogP contribution in [0.15, 0.2) is 18.2 Å². The summed E-state index contributed by atoms with van der Waals surface area (Å²) in [5.74, 6) is -2.94. The topological polar surface area (TPSA) is 113 Å². The average Bonchev–Trinajstić information content (AvgIpc) is 2.47. The molecule has 1 aromatic carbocycles. The highest BCUT2D eigenvalue weighted by molar-refractivity contribution is 6.00. The van der Waals surface area contributed by atoms with Crippen molar-refractivity contribution in [3.05, 3.63) is 23.8 Å². The van der Waals surface area contributed by atoms with E-state index in [0.717, 1.165) is 31.3 Å². The predicted octanol–water partition coefficient (Wildman–Crippen LogP) is -0.114. The van der Waals surface area contributed by atoms with E-state index < -0.39 is 36.7 Å². The molecule has 0 aliphatic rings. The minimum absolute atomic E-state index is 0.243. The summed E-state index contributed by atoms with van der Waals surface area (Å²) >= 11 is 0. The summed E-state index contributed by atoms with van der Waals surface area (Å²) in [7, 11) is 2.27. The number of amides is 1.